The highest BCUT2D eigenvalue weighted by Crippen LogP contribution is 2.41. The third kappa shape index (κ3) is 5.50. The molecule has 7 nitrogen and oxygen atoms in total. The molecule has 1 heterocycles. The van der Waals surface area contributed by atoms with Crippen molar-refractivity contribution in [2.45, 2.75) is 77.8 Å². The van der Waals surface area contributed by atoms with Crippen LogP contribution in [0.2, 0.25) is 0 Å². The van der Waals surface area contributed by atoms with Crippen LogP contribution in [0.15, 0.2) is 48.5 Å². The van der Waals surface area contributed by atoms with Gasteiger partial charge in [0.2, 0.25) is 5.91 Å². The number of nitrogens with zero attached hydrogens (tertiary/aromatic N) is 2. The van der Waals surface area contributed by atoms with Crippen LogP contribution in [-0.2, 0) is 9.59 Å². The van der Waals surface area contributed by atoms with E-state index in [2.05, 4.69) is 0 Å². The predicted molar refractivity (Wildman–Crippen MR) is 143 cm³/mol. The second kappa shape index (κ2) is 11.0. The first kappa shape index (κ1) is 26.7. The number of carboxylic acids is 1. The lowest BCUT2D eigenvalue weighted by molar-refractivity contribution is -0.147. The Hall–Kier alpha value is -3.35. The number of ether oxygens (including phenoxy) is 1. The van der Waals surface area contributed by atoms with Gasteiger partial charge in [-0.1, -0.05) is 18.2 Å². The molecule has 1 saturated carbocycles. The fourth-order valence-corrected chi connectivity index (χ4v) is 5.21. The Labute approximate surface area is 219 Å². The van der Waals surface area contributed by atoms with Crippen LogP contribution in [-0.4, -0.2) is 53.0 Å². The molecule has 7 heteroatoms. The van der Waals surface area contributed by atoms with E-state index in [0.717, 1.165) is 24.1 Å². The molecule has 0 spiro atoms. The zero-order chi connectivity index (χ0) is 26.7. The lowest BCUT2D eigenvalue weighted by Crippen LogP contribution is -2.50. The SMILES string of the molecule is CCN(C(=O)[C@@H]1C[C@H](C)N(C(=O)c2ccc(OCCC(C)(C)C(=O)O)cc2)c2ccccc21)C1CCC1. The van der Waals surface area contributed by atoms with Crippen molar-refractivity contribution >= 4 is 23.5 Å². The number of anilines is 1. The zero-order valence-electron chi connectivity index (χ0n) is 22.3. The van der Waals surface area contributed by atoms with Crippen molar-refractivity contribution in [1.29, 1.82) is 0 Å². The molecule has 0 aromatic heterocycles. The summed E-state index contributed by atoms with van der Waals surface area (Å²) in [6.45, 7) is 8.38. The number of aliphatic carboxylic acids is 1. The van der Waals surface area contributed by atoms with Gasteiger partial charge in [-0.05, 0) is 95.7 Å². The zero-order valence-corrected chi connectivity index (χ0v) is 22.3. The molecule has 2 aromatic carbocycles. The highest BCUT2D eigenvalue weighted by Gasteiger charge is 2.40. The van der Waals surface area contributed by atoms with Gasteiger partial charge < -0.3 is 19.6 Å². The number of amides is 2. The third-order valence-electron chi connectivity index (χ3n) is 7.92. The number of benzene rings is 2. The van der Waals surface area contributed by atoms with Crippen molar-refractivity contribution in [3.63, 3.8) is 0 Å². The summed E-state index contributed by atoms with van der Waals surface area (Å²) in [6.07, 6.45) is 4.29. The van der Waals surface area contributed by atoms with Gasteiger partial charge in [0, 0.05) is 29.9 Å². The molecule has 0 bridgehead atoms. The van der Waals surface area contributed by atoms with Gasteiger partial charge in [0.15, 0.2) is 0 Å². The molecule has 198 valence electrons. The Morgan fingerprint density at radius 2 is 1.76 bits per heavy atom. The van der Waals surface area contributed by atoms with Gasteiger partial charge >= 0.3 is 5.97 Å². The molecule has 0 saturated heterocycles. The molecule has 2 aromatic rings. The maximum Gasteiger partial charge on any atom is 0.309 e. The minimum Gasteiger partial charge on any atom is -0.494 e. The summed E-state index contributed by atoms with van der Waals surface area (Å²) in [5, 5.41) is 9.26. The maximum atomic E-state index is 13.7. The lowest BCUT2D eigenvalue weighted by Gasteiger charge is -2.43. The number of carbonyl (C=O) groups excluding carboxylic acids is 2. The summed E-state index contributed by atoms with van der Waals surface area (Å²) < 4.78 is 5.73. The van der Waals surface area contributed by atoms with Gasteiger partial charge in [0.1, 0.15) is 5.75 Å². The molecule has 37 heavy (non-hydrogen) atoms. The van der Waals surface area contributed by atoms with Gasteiger partial charge in [-0.25, -0.2) is 0 Å². The van der Waals surface area contributed by atoms with Gasteiger partial charge in [-0.2, -0.15) is 0 Å². The minimum absolute atomic E-state index is 0.115. The molecule has 2 atom stereocenters. The maximum absolute atomic E-state index is 13.7. The lowest BCUT2D eigenvalue weighted by atomic mass is 9.83. The summed E-state index contributed by atoms with van der Waals surface area (Å²) in [4.78, 5) is 42.4. The van der Waals surface area contributed by atoms with E-state index >= 15 is 0 Å². The van der Waals surface area contributed by atoms with E-state index in [1.165, 1.54) is 6.42 Å². The second-order valence-corrected chi connectivity index (χ2v) is 10.9. The fourth-order valence-electron chi connectivity index (χ4n) is 5.21. The number of fused-ring (bicyclic) bond motifs is 1. The Bertz CT molecular complexity index is 1140. The van der Waals surface area contributed by atoms with E-state index in [1.54, 1.807) is 38.1 Å². The van der Waals surface area contributed by atoms with Crippen molar-refractivity contribution in [3.8, 4) is 5.75 Å². The summed E-state index contributed by atoms with van der Waals surface area (Å²) in [5.41, 5.74) is 1.39. The van der Waals surface area contributed by atoms with Gasteiger partial charge in [0.05, 0.1) is 17.9 Å². The first-order valence-corrected chi connectivity index (χ1v) is 13.3. The minimum atomic E-state index is -0.862. The Morgan fingerprint density at radius 1 is 1.08 bits per heavy atom. The standard InChI is InChI=1S/C30H38N2O5/c1-5-31(22-9-8-10-22)28(34)25-19-20(2)32(26-12-7-6-11-24(25)26)27(33)21-13-15-23(16-14-21)37-18-17-30(3,4)29(35)36/h6-7,11-16,20,22,25H,5,8-10,17-19H2,1-4H3,(H,35,36)/t20-,25+/m0/s1. The molecule has 2 amide bonds. The first-order chi connectivity index (χ1) is 17.6. The quantitative estimate of drug-likeness (QED) is 0.486. The summed E-state index contributed by atoms with van der Waals surface area (Å²) in [5.74, 6) is -0.461. The van der Waals surface area contributed by atoms with E-state index in [4.69, 9.17) is 4.74 Å². The van der Waals surface area contributed by atoms with Crippen molar-refractivity contribution in [2.24, 2.45) is 5.41 Å². The van der Waals surface area contributed by atoms with Crippen LogP contribution in [0.3, 0.4) is 0 Å². The predicted octanol–water partition coefficient (Wildman–Crippen LogP) is 5.49. The number of hydrogen-bond donors (Lipinski definition) is 1. The van der Waals surface area contributed by atoms with Crippen molar-refractivity contribution in [3.05, 3.63) is 59.7 Å². The molecular formula is C30H38N2O5. The number of para-hydroxylation sites is 1. The highest BCUT2D eigenvalue weighted by molar-refractivity contribution is 6.08. The normalized spacial score (nSPS) is 19.5. The Morgan fingerprint density at radius 3 is 2.35 bits per heavy atom. The van der Waals surface area contributed by atoms with Crippen LogP contribution < -0.4 is 9.64 Å². The molecule has 1 fully saturated rings. The average Bonchev–Trinajstić information content (AvgIpc) is 2.85. The molecule has 1 N–H and O–H groups in total. The van der Waals surface area contributed by atoms with Crippen LogP contribution in [0.4, 0.5) is 5.69 Å². The Balaban J connectivity index is 1.50. The summed E-state index contributed by atoms with van der Waals surface area (Å²) >= 11 is 0. The summed E-state index contributed by atoms with van der Waals surface area (Å²) in [6, 6.07) is 14.9. The second-order valence-electron chi connectivity index (χ2n) is 10.9. The molecular weight excluding hydrogens is 468 g/mol. The van der Waals surface area contributed by atoms with Gasteiger partial charge in [-0.3, -0.25) is 14.4 Å². The summed E-state index contributed by atoms with van der Waals surface area (Å²) in [7, 11) is 0. The van der Waals surface area contributed by atoms with Crippen LogP contribution in [0, 0.1) is 5.41 Å². The fraction of sp³-hybridized carbons (Fsp3) is 0.500. The van der Waals surface area contributed by atoms with E-state index < -0.39 is 11.4 Å². The van der Waals surface area contributed by atoms with E-state index in [0.29, 0.717) is 36.7 Å². The monoisotopic (exact) mass is 506 g/mol. The number of rotatable bonds is 9. The molecule has 4 rings (SSSR count). The largest absolute Gasteiger partial charge is 0.494 e. The van der Waals surface area contributed by atoms with Gasteiger partial charge in [-0.15, -0.1) is 0 Å². The van der Waals surface area contributed by atoms with Crippen LogP contribution in [0.1, 0.15) is 81.6 Å². The van der Waals surface area contributed by atoms with E-state index in [-0.39, 0.29) is 30.4 Å². The van der Waals surface area contributed by atoms with Crippen LogP contribution >= 0.6 is 0 Å². The highest BCUT2D eigenvalue weighted by atomic mass is 16.5. The van der Waals surface area contributed by atoms with Crippen molar-refractivity contribution in [2.75, 3.05) is 18.1 Å². The van der Waals surface area contributed by atoms with Gasteiger partial charge in [0.25, 0.3) is 5.91 Å². The van der Waals surface area contributed by atoms with Crippen LogP contribution in [0.25, 0.3) is 0 Å². The van der Waals surface area contributed by atoms with E-state index in [1.807, 2.05) is 47.9 Å². The number of likely N-dealkylation sites (N-methyl/N-ethyl adjacent to an activating group) is 1. The number of hydrogen-bond acceptors (Lipinski definition) is 4. The number of carboxylic acid groups (broad SMARTS) is 1. The first-order valence-electron chi connectivity index (χ1n) is 13.3. The number of carbonyl (C=O) groups is 3. The van der Waals surface area contributed by atoms with Crippen molar-refractivity contribution in [1.82, 2.24) is 4.90 Å². The van der Waals surface area contributed by atoms with E-state index in [9.17, 15) is 19.5 Å². The van der Waals surface area contributed by atoms with Crippen molar-refractivity contribution < 1.29 is 24.2 Å². The molecule has 2 aliphatic rings. The Kier molecular flexibility index (Phi) is 7.90. The topological polar surface area (TPSA) is 87.2 Å². The average molecular weight is 507 g/mol. The molecule has 0 unspecified atom stereocenters. The smallest absolute Gasteiger partial charge is 0.309 e. The third-order valence-corrected chi connectivity index (χ3v) is 7.92. The molecule has 1 aliphatic carbocycles. The molecule has 0 radical (unpaired) electrons. The molecule has 1 aliphatic heterocycles. The van der Waals surface area contributed by atoms with Crippen LogP contribution in [0.5, 0.6) is 5.75 Å².